The van der Waals surface area contributed by atoms with E-state index < -0.39 is 0 Å². The van der Waals surface area contributed by atoms with Crippen molar-refractivity contribution in [2.75, 3.05) is 11.1 Å². The Balaban J connectivity index is 2.16. The van der Waals surface area contributed by atoms with Gasteiger partial charge in [-0.2, -0.15) is 0 Å². The summed E-state index contributed by atoms with van der Waals surface area (Å²) in [6.07, 6.45) is 0. The largest absolute Gasteiger partial charge is 0.397 e. The van der Waals surface area contributed by atoms with E-state index >= 15 is 0 Å². The third kappa shape index (κ3) is 2.84. The first-order chi connectivity index (χ1) is 8.18. The molecule has 0 atom stereocenters. The van der Waals surface area contributed by atoms with Crippen LogP contribution in [0.4, 0.5) is 11.4 Å². The molecule has 0 bridgehead atoms. The van der Waals surface area contributed by atoms with E-state index in [4.69, 9.17) is 28.9 Å². The second-order valence-corrected chi connectivity index (χ2v) is 4.46. The Morgan fingerprint density at radius 1 is 0.941 bits per heavy atom. The zero-order chi connectivity index (χ0) is 12.3. The molecular formula is C13H12Cl2N2. The highest BCUT2D eigenvalue weighted by Gasteiger charge is 2.05. The van der Waals surface area contributed by atoms with E-state index in [0.29, 0.717) is 22.3 Å². The van der Waals surface area contributed by atoms with Crippen molar-refractivity contribution in [1.29, 1.82) is 0 Å². The van der Waals surface area contributed by atoms with Gasteiger partial charge in [0.25, 0.3) is 0 Å². The predicted octanol–water partition coefficient (Wildman–Crippen LogP) is 4.19. The normalized spacial score (nSPS) is 10.2. The molecule has 0 spiro atoms. The molecule has 0 aliphatic rings. The molecule has 0 amide bonds. The van der Waals surface area contributed by atoms with Crippen LogP contribution >= 0.6 is 23.2 Å². The van der Waals surface area contributed by atoms with Crippen LogP contribution in [0.15, 0.2) is 42.5 Å². The van der Waals surface area contributed by atoms with Crippen molar-refractivity contribution in [3.8, 4) is 0 Å². The van der Waals surface area contributed by atoms with E-state index in [1.54, 1.807) is 0 Å². The van der Waals surface area contributed by atoms with Gasteiger partial charge in [0, 0.05) is 22.2 Å². The monoisotopic (exact) mass is 266 g/mol. The summed E-state index contributed by atoms with van der Waals surface area (Å²) in [4.78, 5) is 0. The summed E-state index contributed by atoms with van der Waals surface area (Å²) >= 11 is 12.2. The molecule has 2 aromatic rings. The molecule has 0 aliphatic heterocycles. The molecule has 2 nitrogen and oxygen atoms in total. The second kappa shape index (κ2) is 5.30. The molecule has 2 rings (SSSR count). The Hall–Kier alpha value is -1.38. The lowest BCUT2D eigenvalue weighted by Crippen LogP contribution is -2.03. The molecule has 0 unspecified atom stereocenters. The van der Waals surface area contributed by atoms with Crippen LogP contribution in [-0.4, -0.2) is 0 Å². The lowest BCUT2D eigenvalue weighted by Gasteiger charge is -2.11. The van der Waals surface area contributed by atoms with E-state index in [9.17, 15) is 0 Å². The molecule has 0 aliphatic carbocycles. The molecule has 2 aromatic carbocycles. The van der Waals surface area contributed by atoms with Crippen LogP contribution in [0.5, 0.6) is 0 Å². The number of para-hydroxylation sites is 2. The Morgan fingerprint density at radius 3 is 2.24 bits per heavy atom. The first kappa shape index (κ1) is 12.1. The van der Waals surface area contributed by atoms with Crippen molar-refractivity contribution < 1.29 is 0 Å². The quantitative estimate of drug-likeness (QED) is 0.818. The summed E-state index contributed by atoms with van der Waals surface area (Å²) in [7, 11) is 0. The number of anilines is 2. The molecule has 4 heteroatoms. The summed E-state index contributed by atoms with van der Waals surface area (Å²) in [5.41, 5.74) is 8.29. The van der Waals surface area contributed by atoms with Crippen molar-refractivity contribution in [2.24, 2.45) is 0 Å². The highest BCUT2D eigenvalue weighted by Crippen LogP contribution is 2.26. The summed E-state index contributed by atoms with van der Waals surface area (Å²) in [6, 6.07) is 13.0. The highest BCUT2D eigenvalue weighted by molar-refractivity contribution is 6.36. The minimum atomic E-state index is 0.548. The van der Waals surface area contributed by atoms with Gasteiger partial charge in [-0.15, -0.1) is 0 Å². The molecule has 0 fully saturated rings. The van der Waals surface area contributed by atoms with Crippen molar-refractivity contribution in [1.82, 2.24) is 0 Å². The number of benzene rings is 2. The van der Waals surface area contributed by atoms with Crippen LogP contribution in [0.1, 0.15) is 5.56 Å². The van der Waals surface area contributed by atoms with E-state index in [0.717, 1.165) is 11.3 Å². The highest BCUT2D eigenvalue weighted by atomic mass is 35.5. The Kier molecular flexibility index (Phi) is 3.77. The van der Waals surface area contributed by atoms with Gasteiger partial charge in [0.05, 0.1) is 11.4 Å². The predicted molar refractivity (Wildman–Crippen MR) is 74.6 cm³/mol. The van der Waals surface area contributed by atoms with Crippen LogP contribution in [0.3, 0.4) is 0 Å². The number of hydrogen-bond acceptors (Lipinski definition) is 2. The number of nitrogens with two attached hydrogens (primary N) is 1. The van der Waals surface area contributed by atoms with Crippen molar-refractivity contribution in [3.63, 3.8) is 0 Å². The molecule has 0 radical (unpaired) electrons. The Bertz CT molecular complexity index is 506. The lowest BCUT2D eigenvalue weighted by molar-refractivity contribution is 1.15. The lowest BCUT2D eigenvalue weighted by atomic mass is 10.2. The van der Waals surface area contributed by atoms with Gasteiger partial charge >= 0.3 is 0 Å². The van der Waals surface area contributed by atoms with E-state index in [2.05, 4.69) is 5.32 Å². The zero-order valence-corrected chi connectivity index (χ0v) is 10.6. The fraction of sp³-hybridized carbons (Fsp3) is 0.0769. The van der Waals surface area contributed by atoms with Crippen LogP contribution in [0, 0.1) is 0 Å². The van der Waals surface area contributed by atoms with Crippen LogP contribution < -0.4 is 11.1 Å². The van der Waals surface area contributed by atoms with Gasteiger partial charge in [-0.3, -0.25) is 0 Å². The smallest absolute Gasteiger partial charge is 0.0576 e. The molecule has 0 saturated carbocycles. The zero-order valence-electron chi connectivity index (χ0n) is 9.08. The molecule has 88 valence electrons. The fourth-order valence-corrected chi connectivity index (χ4v) is 2.07. The first-order valence-corrected chi connectivity index (χ1v) is 5.95. The molecule has 17 heavy (non-hydrogen) atoms. The van der Waals surface area contributed by atoms with E-state index in [1.807, 2.05) is 42.5 Å². The first-order valence-electron chi connectivity index (χ1n) is 5.20. The molecule has 0 heterocycles. The summed E-state index contributed by atoms with van der Waals surface area (Å²) in [5.74, 6) is 0. The van der Waals surface area contributed by atoms with Crippen molar-refractivity contribution in [3.05, 3.63) is 58.1 Å². The number of nitrogens with one attached hydrogen (secondary N) is 1. The van der Waals surface area contributed by atoms with Crippen LogP contribution in [-0.2, 0) is 6.54 Å². The standard InChI is InChI=1S/C13H12Cl2N2/c14-10-4-3-5-11(15)9(10)8-17-13-7-2-1-6-12(13)16/h1-7,17H,8,16H2. The fourth-order valence-electron chi connectivity index (χ4n) is 1.54. The summed E-state index contributed by atoms with van der Waals surface area (Å²) in [5, 5.41) is 4.52. The molecular weight excluding hydrogens is 255 g/mol. The van der Waals surface area contributed by atoms with Crippen molar-refractivity contribution >= 4 is 34.6 Å². The van der Waals surface area contributed by atoms with Crippen LogP contribution in [0.25, 0.3) is 0 Å². The maximum Gasteiger partial charge on any atom is 0.0576 e. The average Bonchev–Trinajstić information content (AvgIpc) is 2.30. The maximum atomic E-state index is 6.08. The number of halogens is 2. The SMILES string of the molecule is Nc1ccccc1NCc1c(Cl)cccc1Cl. The summed E-state index contributed by atoms with van der Waals surface area (Å²) in [6.45, 7) is 0.548. The number of nitrogen functional groups attached to an aromatic ring is 1. The van der Waals surface area contributed by atoms with E-state index in [-0.39, 0.29) is 0 Å². The second-order valence-electron chi connectivity index (χ2n) is 3.64. The van der Waals surface area contributed by atoms with Gasteiger partial charge < -0.3 is 11.1 Å². The topological polar surface area (TPSA) is 38.0 Å². The average molecular weight is 267 g/mol. The van der Waals surface area contributed by atoms with Gasteiger partial charge in [0.15, 0.2) is 0 Å². The minimum absolute atomic E-state index is 0.548. The maximum absolute atomic E-state index is 6.08. The van der Waals surface area contributed by atoms with Crippen LogP contribution in [0.2, 0.25) is 10.0 Å². The molecule has 0 saturated heterocycles. The molecule has 0 aromatic heterocycles. The van der Waals surface area contributed by atoms with Gasteiger partial charge in [0.1, 0.15) is 0 Å². The molecule has 3 N–H and O–H groups in total. The van der Waals surface area contributed by atoms with Gasteiger partial charge in [-0.05, 0) is 24.3 Å². The Labute approximate surface area is 110 Å². The number of rotatable bonds is 3. The number of hydrogen-bond donors (Lipinski definition) is 2. The van der Waals surface area contributed by atoms with Gasteiger partial charge in [0.2, 0.25) is 0 Å². The third-order valence-electron chi connectivity index (χ3n) is 2.48. The van der Waals surface area contributed by atoms with Gasteiger partial charge in [-0.25, -0.2) is 0 Å². The summed E-state index contributed by atoms with van der Waals surface area (Å²) < 4.78 is 0. The third-order valence-corrected chi connectivity index (χ3v) is 3.19. The van der Waals surface area contributed by atoms with Crippen molar-refractivity contribution in [2.45, 2.75) is 6.54 Å². The van der Waals surface area contributed by atoms with Gasteiger partial charge in [-0.1, -0.05) is 41.4 Å². The Morgan fingerprint density at radius 2 is 1.59 bits per heavy atom. The minimum Gasteiger partial charge on any atom is -0.397 e. The van der Waals surface area contributed by atoms with E-state index in [1.165, 1.54) is 0 Å².